The lowest BCUT2D eigenvalue weighted by Crippen LogP contribution is -2.45. The van der Waals surface area contributed by atoms with Gasteiger partial charge < -0.3 is 20.2 Å². The lowest BCUT2D eigenvalue weighted by atomic mass is 9.89. The first-order valence-corrected chi connectivity index (χ1v) is 6.92. The first-order chi connectivity index (χ1) is 9.45. The summed E-state index contributed by atoms with van der Waals surface area (Å²) in [4.78, 5) is 38.0. The average Bonchev–Trinajstić information content (AvgIpc) is 3.00. The van der Waals surface area contributed by atoms with Crippen molar-refractivity contribution in [1.29, 1.82) is 0 Å². The quantitative estimate of drug-likeness (QED) is 0.766. The van der Waals surface area contributed by atoms with Crippen LogP contribution in [0.1, 0.15) is 25.7 Å². The van der Waals surface area contributed by atoms with Gasteiger partial charge in [-0.25, -0.2) is 4.79 Å². The number of nitrogens with zero attached hydrogens (tertiary/aromatic N) is 2. The van der Waals surface area contributed by atoms with E-state index in [-0.39, 0.29) is 30.4 Å². The molecule has 0 aromatic carbocycles. The maximum Gasteiger partial charge on any atom is 0.320 e. The molecule has 7 heteroatoms. The molecule has 2 bridgehead atoms. The fourth-order valence-corrected chi connectivity index (χ4v) is 3.24. The van der Waals surface area contributed by atoms with Crippen LogP contribution in [0, 0.1) is 5.92 Å². The fourth-order valence-electron chi connectivity index (χ4n) is 3.24. The van der Waals surface area contributed by atoms with E-state index in [0.29, 0.717) is 13.0 Å². The van der Waals surface area contributed by atoms with Crippen molar-refractivity contribution in [3.05, 3.63) is 0 Å². The van der Waals surface area contributed by atoms with Crippen molar-refractivity contribution >= 4 is 17.9 Å². The Morgan fingerprint density at radius 1 is 1.35 bits per heavy atom. The topological polar surface area (TPSA) is 90.0 Å². The summed E-state index contributed by atoms with van der Waals surface area (Å²) in [6.45, 7) is 0.339. The summed E-state index contributed by atoms with van der Waals surface area (Å²) in [7, 11) is 3.21. The number of urea groups is 1. The van der Waals surface area contributed by atoms with Crippen LogP contribution in [0.4, 0.5) is 4.79 Å². The molecular weight excluding hydrogens is 262 g/mol. The van der Waals surface area contributed by atoms with Crippen LogP contribution < -0.4 is 5.32 Å². The van der Waals surface area contributed by atoms with Crippen LogP contribution in [0.15, 0.2) is 0 Å². The lowest BCUT2D eigenvalue weighted by molar-refractivity contribution is -0.142. The van der Waals surface area contributed by atoms with E-state index in [1.807, 2.05) is 0 Å². The average molecular weight is 283 g/mol. The van der Waals surface area contributed by atoms with Crippen LogP contribution in [0.2, 0.25) is 0 Å². The third-order valence-electron chi connectivity index (χ3n) is 4.35. The number of amides is 3. The molecule has 2 aliphatic rings. The first-order valence-electron chi connectivity index (χ1n) is 6.92. The standard InChI is InChI=1S/C13H21N3O4/c1-14-11(17)5-6-15(2)13(20)16-8-3-4-10(16)9(7-8)12(18)19/h8-10H,3-7H2,1-2H3,(H,14,17)(H,18,19). The van der Waals surface area contributed by atoms with Gasteiger partial charge in [-0.1, -0.05) is 0 Å². The molecular formula is C13H21N3O4. The molecule has 20 heavy (non-hydrogen) atoms. The van der Waals surface area contributed by atoms with Gasteiger partial charge >= 0.3 is 12.0 Å². The van der Waals surface area contributed by atoms with Gasteiger partial charge in [0.1, 0.15) is 0 Å². The SMILES string of the molecule is CNC(=O)CCN(C)C(=O)N1C2CCC1C(C(=O)O)C2. The highest BCUT2D eigenvalue weighted by Gasteiger charge is 2.51. The van der Waals surface area contributed by atoms with Crippen LogP contribution in [0.25, 0.3) is 0 Å². The third-order valence-corrected chi connectivity index (χ3v) is 4.35. The number of hydrogen-bond donors (Lipinski definition) is 2. The van der Waals surface area contributed by atoms with Gasteiger partial charge in [-0.3, -0.25) is 9.59 Å². The molecule has 112 valence electrons. The summed E-state index contributed by atoms with van der Waals surface area (Å²) in [6.07, 6.45) is 2.44. The van der Waals surface area contributed by atoms with E-state index in [2.05, 4.69) is 5.32 Å². The highest BCUT2D eigenvalue weighted by molar-refractivity contribution is 5.80. The smallest absolute Gasteiger partial charge is 0.320 e. The molecule has 3 unspecified atom stereocenters. The van der Waals surface area contributed by atoms with Gasteiger partial charge in [0.05, 0.1) is 5.92 Å². The van der Waals surface area contributed by atoms with E-state index < -0.39 is 11.9 Å². The lowest BCUT2D eigenvalue weighted by Gasteiger charge is -2.28. The van der Waals surface area contributed by atoms with Crippen molar-refractivity contribution < 1.29 is 19.5 Å². The molecule has 2 saturated heterocycles. The molecule has 7 nitrogen and oxygen atoms in total. The summed E-state index contributed by atoms with van der Waals surface area (Å²) < 4.78 is 0. The molecule has 0 radical (unpaired) electrons. The molecule has 2 aliphatic heterocycles. The van der Waals surface area contributed by atoms with Gasteiger partial charge in [0, 0.05) is 39.1 Å². The molecule has 3 atom stereocenters. The molecule has 2 heterocycles. The van der Waals surface area contributed by atoms with E-state index in [1.54, 1.807) is 19.0 Å². The number of hydrogen-bond acceptors (Lipinski definition) is 3. The maximum absolute atomic E-state index is 12.4. The second-order valence-corrected chi connectivity index (χ2v) is 5.51. The Kier molecular flexibility index (Phi) is 4.15. The molecule has 3 amide bonds. The predicted octanol–water partition coefficient (Wildman–Crippen LogP) is 0.112. The minimum Gasteiger partial charge on any atom is -0.481 e. The zero-order valence-electron chi connectivity index (χ0n) is 11.8. The number of carboxylic acids is 1. The number of aliphatic carboxylic acids is 1. The molecule has 0 aliphatic carbocycles. The Bertz CT molecular complexity index is 426. The van der Waals surface area contributed by atoms with Crippen LogP contribution >= 0.6 is 0 Å². The molecule has 0 saturated carbocycles. The van der Waals surface area contributed by atoms with E-state index in [4.69, 9.17) is 0 Å². The highest BCUT2D eigenvalue weighted by atomic mass is 16.4. The predicted molar refractivity (Wildman–Crippen MR) is 71.1 cm³/mol. The first kappa shape index (κ1) is 14.6. The van der Waals surface area contributed by atoms with Crippen molar-refractivity contribution in [2.75, 3.05) is 20.6 Å². The summed E-state index contributed by atoms with van der Waals surface area (Å²) >= 11 is 0. The van der Waals surface area contributed by atoms with E-state index in [9.17, 15) is 19.5 Å². The zero-order valence-corrected chi connectivity index (χ0v) is 11.8. The Hall–Kier alpha value is -1.79. The van der Waals surface area contributed by atoms with Gasteiger partial charge in [-0.05, 0) is 19.3 Å². The Morgan fingerprint density at radius 2 is 2.05 bits per heavy atom. The monoisotopic (exact) mass is 283 g/mol. The van der Waals surface area contributed by atoms with Gasteiger partial charge in [-0.15, -0.1) is 0 Å². The number of rotatable bonds is 4. The molecule has 2 N–H and O–H groups in total. The minimum atomic E-state index is -0.817. The number of nitrogens with one attached hydrogen (secondary N) is 1. The van der Waals surface area contributed by atoms with Crippen LogP contribution in [-0.2, 0) is 9.59 Å². The molecule has 0 aromatic rings. The summed E-state index contributed by atoms with van der Waals surface area (Å²) in [5.74, 6) is -1.37. The second-order valence-electron chi connectivity index (χ2n) is 5.51. The van der Waals surface area contributed by atoms with E-state index >= 15 is 0 Å². The van der Waals surface area contributed by atoms with Crippen LogP contribution in [0.5, 0.6) is 0 Å². The number of carbonyl (C=O) groups excluding carboxylic acids is 2. The van der Waals surface area contributed by atoms with Crippen molar-refractivity contribution in [2.45, 2.75) is 37.8 Å². The second kappa shape index (κ2) is 5.68. The third kappa shape index (κ3) is 2.57. The largest absolute Gasteiger partial charge is 0.481 e. The summed E-state index contributed by atoms with van der Waals surface area (Å²) in [6, 6.07) is -0.311. The normalized spacial score (nSPS) is 27.5. The highest BCUT2D eigenvalue weighted by Crippen LogP contribution is 2.42. The van der Waals surface area contributed by atoms with Crippen molar-refractivity contribution in [3.63, 3.8) is 0 Å². The number of carbonyl (C=O) groups is 3. The van der Waals surface area contributed by atoms with Crippen LogP contribution in [0.3, 0.4) is 0 Å². The van der Waals surface area contributed by atoms with Crippen molar-refractivity contribution in [3.8, 4) is 0 Å². The zero-order chi connectivity index (χ0) is 14.9. The van der Waals surface area contributed by atoms with Crippen LogP contribution in [-0.4, -0.2) is 65.5 Å². The molecule has 2 fully saturated rings. The van der Waals surface area contributed by atoms with Gasteiger partial charge in [0.2, 0.25) is 5.91 Å². The van der Waals surface area contributed by atoms with Crippen molar-refractivity contribution in [2.24, 2.45) is 5.92 Å². The van der Waals surface area contributed by atoms with E-state index in [1.165, 1.54) is 4.90 Å². The summed E-state index contributed by atoms with van der Waals surface area (Å²) in [5.41, 5.74) is 0. The Morgan fingerprint density at radius 3 is 2.60 bits per heavy atom. The number of fused-ring (bicyclic) bond motifs is 2. The van der Waals surface area contributed by atoms with E-state index in [0.717, 1.165) is 12.8 Å². The molecule has 0 aromatic heterocycles. The summed E-state index contributed by atoms with van der Waals surface area (Å²) in [5, 5.41) is 11.7. The Labute approximate surface area is 117 Å². The van der Waals surface area contributed by atoms with Gasteiger partial charge in [0.25, 0.3) is 0 Å². The molecule has 2 rings (SSSR count). The fraction of sp³-hybridized carbons (Fsp3) is 0.769. The maximum atomic E-state index is 12.4. The van der Waals surface area contributed by atoms with Gasteiger partial charge in [-0.2, -0.15) is 0 Å². The van der Waals surface area contributed by atoms with Gasteiger partial charge in [0.15, 0.2) is 0 Å². The number of carboxylic acid groups (broad SMARTS) is 1. The Balaban J connectivity index is 1.96. The minimum absolute atomic E-state index is 0.0380. The van der Waals surface area contributed by atoms with Crippen molar-refractivity contribution in [1.82, 2.24) is 15.1 Å². The molecule has 0 spiro atoms.